The average molecular weight is 140 g/mol. The molecule has 3 N–H and O–H groups in total. The van der Waals surface area contributed by atoms with Crippen molar-refractivity contribution in [1.29, 1.82) is 0 Å². The molecule has 2 heteroatoms. The van der Waals surface area contributed by atoms with Gasteiger partial charge in [-0.05, 0) is 31.3 Å². The van der Waals surface area contributed by atoms with E-state index in [1.54, 1.807) is 0 Å². The molecule has 2 fully saturated rings. The van der Waals surface area contributed by atoms with Gasteiger partial charge in [0, 0.05) is 12.0 Å². The van der Waals surface area contributed by atoms with Crippen LogP contribution in [0.3, 0.4) is 0 Å². The molecule has 3 atom stereocenters. The lowest BCUT2D eigenvalue weighted by molar-refractivity contribution is 0.360. The van der Waals surface area contributed by atoms with Gasteiger partial charge in [0.25, 0.3) is 0 Å². The summed E-state index contributed by atoms with van der Waals surface area (Å²) in [5, 5.41) is 3.42. The standard InChI is InChI=1S/C8H16N2/c1-6-7-2-3-10-5-8(6,7)4-9/h6-7,10H,2-5,9H2,1H3/t6?,7-,8+/m1/s1. The Labute approximate surface area is 62.2 Å². The molecule has 0 spiro atoms. The minimum atomic E-state index is 0.512. The third-order valence-corrected chi connectivity index (χ3v) is 3.61. The highest BCUT2D eigenvalue weighted by Crippen LogP contribution is 2.60. The summed E-state index contributed by atoms with van der Waals surface area (Å²) in [6.45, 7) is 5.59. The number of nitrogens with one attached hydrogen (secondary N) is 1. The minimum absolute atomic E-state index is 0.512. The molecular weight excluding hydrogens is 124 g/mol. The third kappa shape index (κ3) is 0.611. The minimum Gasteiger partial charge on any atom is -0.330 e. The van der Waals surface area contributed by atoms with Crippen molar-refractivity contribution in [3.05, 3.63) is 0 Å². The van der Waals surface area contributed by atoms with Crippen molar-refractivity contribution in [2.75, 3.05) is 19.6 Å². The highest BCUT2D eigenvalue weighted by molar-refractivity contribution is 5.12. The van der Waals surface area contributed by atoms with Crippen LogP contribution in [0, 0.1) is 17.3 Å². The van der Waals surface area contributed by atoms with Gasteiger partial charge in [0.05, 0.1) is 0 Å². The Balaban J connectivity index is 2.09. The van der Waals surface area contributed by atoms with E-state index < -0.39 is 0 Å². The van der Waals surface area contributed by atoms with Gasteiger partial charge in [0.2, 0.25) is 0 Å². The van der Waals surface area contributed by atoms with Crippen molar-refractivity contribution in [1.82, 2.24) is 5.32 Å². The van der Waals surface area contributed by atoms with E-state index in [1.807, 2.05) is 0 Å². The summed E-state index contributed by atoms with van der Waals surface area (Å²) in [4.78, 5) is 0. The van der Waals surface area contributed by atoms with E-state index in [0.717, 1.165) is 24.9 Å². The molecule has 0 radical (unpaired) electrons. The van der Waals surface area contributed by atoms with Crippen molar-refractivity contribution in [3.63, 3.8) is 0 Å². The van der Waals surface area contributed by atoms with Crippen LogP contribution in [0.15, 0.2) is 0 Å². The van der Waals surface area contributed by atoms with Crippen LogP contribution in [0.5, 0.6) is 0 Å². The molecule has 0 aromatic rings. The van der Waals surface area contributed by atoms with Gasteiger partial charge in [-0.1, -0.05) is 6.92 Å². The zero-order chi connectivity index (χ0) is 7.19. The van der Waals surface area contributed by atoms with Crippen molar-refractivity contribution in [3.8, 4) is 0 Å². The average Bonchev–Trinajstić information content (AvgIpc) is 2.60. The number of fused-ring (bicyclic) bond motifs is 1. The van der Waals surface area contributed by atoms with E-state index in [2.05, 4.69) is 12.2 Å². The van der Waals surface area contributed by atoms with Gasteiger partial charge < -0.3 is 11.1 Å². The van der Waals surface area contributed by atoms with E-state index in [-0.39, 0.29) is 0 Å². The van der Waals surface area contributed by atoms with Crippen molar-refractivity contribution < 1.29 is 0 Å². The molecule has 1 saturated carbocycles. The van der Waals surface area contributed by atoms with Crippen molar-refractivity contribution in [2.24, 2.45) is 23.0 Å². The summed E-state index contributed by atoms with van der Waals surface area (Å²) >= 11 is 0. The predicted octanol–water partition coefficient (Wildman–Crippen LogP) is 0.191. The third-order valence-electron chi connectivity index (χ3n) is 3.61. The second-order valence-electron chi connectivity index (χ2n) is 3.80. The van der Waals surface area contributed by atoms with E-state index in [0.29, 0.717) is 5.41 Å². The fraction of sp³-hybridized carbons (Fsp3) is 1.00. The summed E-state index contributed by atoms with van der Waals surface area (Å²) in [7, 11) is 0. The van der Waals surface area contributed by atoms with Crippen LogP contribution in [-0.2, 0) is 0 Å². The molecule has 1 heterocycles. The summed E-state index contributed by atoms with van der Waals surface area (Å²) in [5.74, 6) is 1.83. The first-order chi connectivity index (χ1) is 4.81. The van der Waals surface area contributed by atoms with Gasteiger partial charge in [0.1, 0.15) is 0 Å². The van der Waals surface area contributed by atoms with E-state index in [9.17, 15) is 0 Å². The maximum absolute atomic E-state index is 5.73. The predicted molar refractivity (Wildman–Crippen MR) is 41.6 cm³/mol. The molecular formula is C8H16N2. The van der Waals surface area contributed by atoms with Gasteiger partial charge in [-0.2, -0.15) is 0 Å². The Bertz CT molecular complexity index is 146. The summed E-state index contributed by atoms with van der Waals surface area (Å²) in [6, 6.07) is 0. The SMILES string of the molecule is CC1[C@H]2CCNC[C@@]12CN. The van der Waals surface area contributed by atoms with Crippen LogP contribution in [0.25, 0.3) is 0 Å². The van der Waals surface area contributed by atoms with E-state index in [1.165, 1.54) is 13.0 Å². The first-order valence-electron chi connectivity index (χ1n) is 4.22. The van der Waals surface area contributed by atoms with E-state index >= 15 is 0 Å². The van der Waals surface area contributed by atoms with Crippen LogP contribution >= 0.6 is 0 Å². The van der Waals surface area contributed by atoms with Crippen LogP contribution < -0.4 is 11.1 Å². The molecule has 10 heavy (non-hydrogen) atoms. The van der Waals surface area contributed by atoms with E-state index in [4.69, 9.17) is 5.73 Å². The van der Waals surface area contributed by atoms with Gasteiger partial charge in [0.15, 0.2) is 0 Å². The number of hydrogen-bond donors (Lipinski definition) is 2. The smallest absolute Gasteiger partial charge is 0.00254 e. The topological polar surface area (TPSA) is 38.0 Å². The fourth-order valence-corrected chi connectivity index (χ4v) is 2.62. The number of nitrogens with two attached hydrogens (primary N) is 1. The number of hydrogen-bond acceptors (Lipinski definition) is 2. The highest BCUT2D eigenvalue weighted by Gasteiger charge is 2.60. The molecule has 1 unspecified atom stereocenters. The normalized spacial score (nSPS) is 52.2. The molecule has 1 aliphatic carbocycles. The van der Waals surface area contributed by atoms with Crippen molar-refractivity contribution in [2.45, 2.75) is 13.3 Å². The Kier molecular flexibility index (Phi) is 1.29. The molecule has 1 aliphatic heterocycles. The molecule has 58 valence electrons. The van der Waals surface area contributed by atoms with Crippen LogP contribution in [0.2, 0.25) is 0 Å². The zero-order valence-corrected chi connectivity index (χ0v) is 6.56. The lowest BCUT2D eigenvalue weighted by Crippen LogP contribution is -2.36. The van der Waals surface area contributed by atoms with Crippen LogP contribution in [0.4, 0.5) is 0 Å². The molecule has 1 saturated heterocycles. The molecule has 0 bridgehead atoms. The van der Waals surface area contributed by atoms with Gasteiger partial charge in [-0.25, -0.2) is 0 Å². The maximum Gasteiger partial charge on any atom is 0.00254 e. The summed E-state index contributed by atoms with van der Waals surface area (Å²) < 4.78 is 0. The first kappa shape index (κ1) is 6.62. The maximum atomic E-state index is 5.73. The monoisotopic (exact) mass is 140 g/mol. The summed E-state index contributed by atoms with van der Waals surface area (Å²) in [5.41, 5.74) is 6.24. The Morgan fingerprint density at radius 1 is 1.70 bits per heavy atom. The molecule has 2 nitrogen and oxygen atoms in total. The largest absolute Gasteiger partial charge is 0.330 e. The molecule has 0 aromatic heterocycles. The second kappa shape index (κ2) is 1.95. The van der Waals surface area contributed by atoms with Crippen molar-refractivity contribution >= 4 is 0 Å². The highest BCUT2D eigenvalue weighted by atomic mass is 15.0. The second-order valence-corrected chi connectivity index (χ2v) is 3.80. The molecule has 2 rings (SSSR count). The number of piperidine rings is 1. The molecule has 0 aromatic carbocycles. The van der Waals surface area contributed by atoms with Crippen LogP contribution in [-0.4, -0.2) is 19.6 Å². The Morgan fingerprint density at radius 3 is 3.00 bits per heavy atom. The fourth-order valence-electron chi connectivity index (χ4n) is 2.62. The van der Waals surface area contributed by atoms with Gasteiger partial charge in [-0.15, -0.1) is 0 Å². The Hall–Kier alpha value is -0.0800. The zero-order valence-electron chi connectivity index (χ0n) is 6.56. The quantitative estimate of drug-likeness (QED) is 0.545. The first-order valence-corrected chi connectivity index (χ1v) is 4.22. The molecule has 0 amide bonds. The molecule has 2 aliphatic rings. The van der Waals surface area contributed by atoms with Crippen LogP contribution in [0.1, 0.15) is 13.3 Å². The lowest BCUT2D eigenvalue weighted by Gasteiger charge is -2.20. The number of rotatable bonds is 1. The lowest BCUT2D eigenvalue weighted by atomic mass is 9.98. The Morgan fingerprint density at radius 2 is 2.50 bits per heavy atom. The van der Waals surface area contributed by atoms with Gasteiger partial charge in [-0.3, -0.25) is 0 Å². The van der Waals surface area contributed by atoms with Gasteiger partial charge >= 0.3 is 0 Å². The summed E-state index contributed by atoms with van der Waals surface area (Å²) in [6.07, 6.45) is 1.35.